The molecule has 0 bridgehead atoms. The van der Waals surface area contributed by atoms with Crippen LogP contribution in [-0.4, -0.2) is 60.1 Å². The van der Waals surface area contributed by atoms with E-state index in [4.69, 9.17) is 14.2 Å². The van der Waals surface area contributed by atoms with Crippen molar-refractivity contribution in [2.24, 2.45) is 0 Å². The maximum absolute atomic E-state index is 12.9. The van der Waals surface area contributed by atoms with Crippen LogP contribution in [0, 0.1) is 0 Å². The molecule has 174 valence electrons. The van der Waals surface area contributed by atoms with E-state index in [2.05, 4.69) is 10.6 Å². The highest BCUT2D eigenvalue weighted by atomic mass is 16.6. The number of hydrogen-bond donors (Lipinski definition) is 3. The Labute approximate surface area is 183 Å². The predicted octanol–water partition coefficient (Wildman–Crippen LogP) is 2.09. The van der Waals surface area contributed by atoms with Crippen molar-refractivity contribution >= 4 is 18.0 Å². The Balaban J connectivity index is 3.04. The van der Waals surface area contributed by atoms with E-state index < -0.39 is 47.4 Å². The maximum atomic E-state index is 12.9. The summed E-state index contributed by atoms with van der Waals surface area (Å²) >= 11 is 0. The van der Waals surface area contributed by atoms with Crippen LogP contribution in [0.1, 0.15) is 53.2 Å². The molecule has 0 aliphatic carbocycles. The fourth-order valence-electron chi connectivity index (χ4n) is 2.46. The average molecular weight is 439 g/mol. The summed E-state index contributed by atoms with van der Waals surface area (Å²) in [4.78, 5) is 37.4. The number of aliphatic hydroxyl groups is 1. The fraction of sp³-hybridized carbons (Fsp3) is 0.591. The highest BCUT2D eigenvalue weighted by Crippen LogP contribution is 2.18. The number of alkyl carbamates (subject to hydrolysis) is 1. The van der Waals surface area contributed by atoms with E-state index in [1.54, 1.807) is 71.9 Å². The third kappa shape index (κ3) is 9.80. The van der Waals surface area contributed by atoms with E-state index in [-0.39, 0.29) is 6.61 Å². The molecule has 0 spiro atoms. The van der Waals surface area contributed by atoms with E-state index >= 15 is 0 Å². The van der Waals surface area contributed by atoms with Crippen LogP contribution in [0.5, 0.6) is 0 Å². The number of carbonyl (C=O) groups excluding carboxylic acids is 3. The van der Waals surface area contributed by atoms with E-state index in [9.17, 15) is 19.5 Å². The van der Waals surface area contributed by atoms with Crippen LogP contribution >= 0.6 is 0 Å². The highest BCUT2D eigenvalue weighted by Gasteiger charge is 2.34. The smallest absolute Gasteiger partial charge is 0.408 e. The number of nitrogens with one attached hydrogen (secondary N) is 2. The molecule has 1 aromatic carbocycles. The van der Waals surface area contributed by atoms with Gasteiger partial charge in [-0.2, -0.15) is 0 Å². The molecular weight excluding hydrogens is 404 g/mol. The molecule has 0 heterocycles. The van der Waals surface area contributed by atoms with Crippen LogP contribution in [0.15, 0.2) is 30.3 Å². The molecule has 0 aliphatic heterocycles. The van der Waals surface area contributed by atoms with E-state index in [1.807, 2.05) is 0 Å². The van der Waals surface area contributed by atoms with Gasteiger partial charge in [0.25, 0.3) is 0 Å². The summed E-state index contributed by atoms with van der Waals surface area (Å²) in [5.74, 6) is -1.57. The van der Waals surface area contributed by atoms with E-state index in [0.717, 1.165) is 7.11 Å². The lowest BCUT2D eigenvalue weighted by molar-refractivity contribution is -0.149. The van der Waals surface area contributed by atoms with Crippen molar-refractivity contribution in [3.05, 3.63) is 35.9 Å². The van der Waals surface area contributed by atoms with Crippen molar-refractivity contribution in [2.75, 3.05) is 13.7 Å². The van der Waals surface area contributed by atoms with Gasteiger partial charge in [0.1, 0.15) is 17.7 Å². The summed E-state index contributed by atoms with van der Waals surface area (Å²) in [6.07, 6.45) is -2.17. The summed E-state index contributed by atoms with van der Waals surface area (Å²) in [5.41, 5.74) is -0.936. The third-order valence-corrected chi connectivity index (χ3v) is 3.90. The summed E-state index contributed by atoms with van der Waals surface area (Å²) in [6.45, 7) is 10.3. The van der Waals surface area contributed by atoms with Crippen LogP contribution in [0.2, 0.25) is 0 Å². The van der Waals surface area contributed by atoms with Crippen molar-refractivity contribution in [3.63, 3.8) is 0 Å². The minimum Gasteiger partial charge on any atom is -0.467 e. The van der Waals surface area contributed by atoms with Gasteiger partial charge in [0.2, 0.25) is 5.91 Å². The van der Waals surface area contributed by atoms with Crippen molar-refractivity contribution in [1.82, 2.24) is 10.6 Å². The Morgan fingerprint density at radius 2 is 1.55 bits per heavy atom. The molecule has 0 fully saturated rings. The lowest BCUT2D eigenvalue weighted by Crippen LogP contribution is -2.56. The van der Waals surface area contributed by atoms with E-state index in [1.165, 1.54) is 0 Å². The zero-order valence-electron chi connectivity index (χ0n) is 19.2. The number of esters is 1. The van der Waals surface area contributed by atoms with Crippen molar-refractivity contribution < 1.29 is 33.7 Å². The molecule has 1 rings (SSSR count). The number of hydrogen-bond acceptors (Lipinski definition) is 7. The second-order valence-corrected chi connectivity index (χ2v) is 8.99. The van der Waals surface area contributed by atoms with Gasteiger partial charge < -0.3 is 30.0 Å². The molecule has 0 saturated carbocycles. The minimum absolute atomic E-state index is 0.177. The zero-order valence-corrected chi connectivity index (χ0v) is 19.2. The first kappa shape index (κ1) is 26.4. The van der Waals surface area contributed by atoms with Crippen LogP contribution in [0.4, 0.5) is 4.79 Å². The van der Waals surface area contributed by atoms with Crippen LogP contribution in [0.3, 0.4) is 0 Å². The molecule has 2 unspecified atom stereocenters. The second kappa shape index (κ2) is 11.1. The molecule has 0 aromatic heterocycles. The van der Waals surface area contributed by atoms with Gasteiger partial charge in [-0.25, -0.2) is 9.59 Å². The Kier molecular flexibility index (Phi) is 9.45. The van der Waals surface area contributed by atoms with E-state index in [0.29, 0.717) is 5.56 Å². The predicted molar refractivity (Wildman–Crippen MR) is 114 cm³/mol. The Bertz CT molecular complexity index is 738. The zero-order chi connectivity index (χ0) is 23.8. The molecule has 31 heavy (non-hydrogen) atoms. The minimum atomic E-state index is -1.39. The number of ether oxygens (including phenoxy) is 3. The lowest BCUT2D eigenvalue weighted by Gasteiger charge is -2.28. The first-order valence-electron chi connectivity index (χ1n) is 9.98. The van der Waals surface area contributed by atoms with Gasteiger partial charge in [0.05, 0.1) is 19.3 Å². The van der Waals surface area contributed by atoms with Crippen molar-refractivity contribution in [1.29, 1.82) is 0 Å². The van der Waals surface area contributed by atoms with Gasteiger partial charge in [-0.15, -0.1) is 0 Å². The summed E-state index contributed by atoms with van der Waals surface area (Å²) in [6, 6.07) is 5.81. The van der Waals surface area contributed by atoms with Gasteiger partial charge in [-0.05, 0) is 47.1 Å². The number of rotatable bonds is 8. The first-order valence-corrected chi connectivity index (χ1v) is 9.98. The Hall–Kier alpha value is -2.65. The van der Waals surface area contributed by atoms with Gasteiger partial charge in [-0.3, -0.25) is 4.79 Å². The standard InChI is InChI=1S/C22H34N2O7/c1-21(2,3)30-13-15(23-20(28)31-22(4,5)6)18(26)24-16(19(27)29-7)17(25)14-11-9-8-10-12-14/h8-12,15-17,25H,13H2,1-7H3,(H,23,28)(H,24,26)/t15-,16?,17?/m0/s1. The van der Waals surface area contributed by atoms with Crippen molar-refractivity contribution in [2.45, 2.75) is 70.9 Å². The fourth-order valence-corrected chi connectivity index (χ4v) is 2.46. The average Bonchev–Trinajstić information content (AvgIpc) is 2.66. The number of methoxy groups -OCH3 is 1. The van der Waals surface area contributed by atoms with Gasteiger partial charge >= 0.3 is 12.1 Å². The molecule has 9 nitrogen and oxygen atoms in total. The summed E-state index contributed by atoms with van der Waals surface area (Å²) < 4.78 is 15.6. The van der Waals surface area contributed by atoms with Crippen LogP contribution in [0.25, 0.3) is 0 Å². The lowest BCUT2D eigenvalue weighted by atomic mass is 10.0. The largest absolute Gasteiger partial charge is 0.467 e. The quantitative estimate of drug-likeness (QED) is 0.531. The molecule has 3 N–H and O–H groups in total. The first-order chi connectivity index (χ1) is 14.2. The van der Waals surface area contributed by atoms with Crippen LogP contribution in [-0.2, 0) is 23.8 Å². The Morgan fingerprint density at radius 1 is 0.968 bits per heavy atom. The van der Waals surface area contributed by atoms with Gasteiger partial charge in [-0.1, -0.05) is 30.3 Å². The second-order valence-electron chi connectivity index (χ2n) is 8.99. The molecule has 0 radical (unpaired) electrons. The SMILES string of the molecule is COC(=O)C(NC(=O)[C@H](COC(C)(C)C)NC(=O)OC(C)(C)C)C(O)c1ccccc1. The van der Waals surface area contributed by atoms with Gasteiger partial charge in [0, 0.05) is 0 Å². The highest BCUT2D eigenvalue weighted by molar-refractivity contribution is 5.90. The maximum Gasteiger partial charge on any atom is 0.408 e. The van der Waals surface area contributed by atoms with Crippen molar-refractivity contribution in [3.8, 4) is 0 Å². The number of benzene rings is 1. The summed E-state index contributed by atoms with van der Waals surface area (Å²) in [5, 5.41) is 15.6. The monoisotopic (exact) mass is 438 g/mol. The number of aliphatic hydroxyl groups excluding tert-OH is 1. The third-order valence-electron chi connectivity index (χ3n) is 3.90. The normalized spacial score (nSPS) is 14.7. The molecular formula is C22H34N2O7. The Morgan fingerprint density at radius 3 is 2.03 bits per heavy atom. The van der Waals surface area contributed by atoms with Gasteiger partial charge in [0.15, 0.2) is 6.04 Å². The number of carbonyl (C=O) groups is 3. The van der Waals surface area contributed by atoms with Crippen LogP contribution < -0.4 is 10.6 Å². The molecule has 0 aliphatic rings. The molecule has 3 atom stereocenters. The molecule has 9 heteroatoms. The molecule has 1 aromatic rings. The molecule has 2 amide bonds. The molecule has 0 saturated heterocycles. The topological polar surface area (TPSA) is 123 Å². The number of amides is 2. The summed E-state index contributed by atoms with van der Waals surface area (Å²) in [7, 11) is 1.15.